The van der Waals surface area contributed by atoms with E-state index in [1.807, 2.05) is 24.3 Å². The molecule has 1 fully saturated rings. The Balaban J connectivity index is 1.72. The first kappa shape index (κ1) is 17.9. The summed E-state index contributed by atoms with van der Waals surface area (Å²) in [5.74, 6) is 2.41. The van der Waals surface area contributed by atoms with Crippen LogP contribution in [0.2, 0.25) is 0 Å². The summed E-state index contributed by atoms with van der Waals surface area (Å²) >= 11 is 1.75. The molecule has 0 atom stereocenters. The van der Waals surface area contributed by atoms with E-state index in [1.54, 1.807) is 11.8 Å². The summed E-state index contributed by atoms with van der Waals surface area (Å²) < 4.78 is 5.59. The number of hydrogen-bond acceptors (Lipinski definition) is 4. The molecule has 128 valence electrons. The van der Waals surface area contributed by atoms with Crippen LogP contribution in [0.15, 0.2) is 24.3 Å². The van der Waals surface area contributed by atoms with Crippen LogP contribution in [0.3, 0.4) is 0 Å². The monoisotopic (exact) mass is 337 g/mol. The lowest BCUT2D eigenvalue weighted by Gasteiger charge is -2.28. The molecule has 0 saturated heterocycles. The third-order valence-electron chi connectivity index (χ3n) is 4.18. The highest BCUT2D eigenvalue weighted by atomic mass is 32.2. The smallest absolute Gasteiger partial charge is 0.319 e. The summed E-state index contributed by atoms with van der Waals surface area (Å²) in [6.07, 6.45) is 6.28. The largest absolute Gasteiger partial charge is 0.493 e. The van der Waals surface area contributed by atoms with Gasteiger partial charge in [0, 0.05) is 17.5 Å². The number of urea groups is 1. The summed E-state index contributed by atoms with van der Waals surface area (Å²) in [4.78, 5) is 12.0. The van der Waals surface area contributed by atoms with Gasteiger partial charge in [-0.3, -0.25) is 0 Å². The van der Waals surface area contributed by atoms with Crippen LogP contribution < -0.4 is 21.1 Å². The average molecular weight is 337 g/mol. The summed E-state index contributed by atoms with van der Waals surface area (Å²) in [5, 5.41) is 5.92. The number of hydrogen-bond donors (Lipinski definition) is 3. The molecule has 0 heterocycles. The Morgan fingerprint density at radius 2 is 1.96 bits per heavy atom. The van der Waals surface area contributed by atoms with Crippen molar-refractivity contribution in [1.82, 2.24) is 5.32 Å². The fraction of sp³-hybridized carbons (Fsp3) is 0.588. The highest BCUT2D eigenvalue weighted by Gasteiger charge is 2.21. The Hall–Kier alpha value is -1.40. The molecule has 1 aromatic rings. The van der Waals surface area contributed by atoms with Gasteiger partial charge >= 0.3 is 6.03 Å². The number of nitrogens with two attached hydrogens (primary N) is 1. The van der Waals surface area contributed by atoms with E-state index >= 15 is 0 Å². The molecular formula is C17H27N3O2S. The van der Waals surface area contributed by atoms with Crippen molar-refractivity contribution in [2.75, 3.05) is 30.5 Å². The van der Waals surface area contributed by atoms with Crippen LogP contribution in [-0.4, -0.2) is 37.2 Å². The van der Waals surface area contributed by atoms with Crippen LogP contribution in [-0.2, 0) is 0 Å². The van der Waals surface area contributed by atoms with Crippen molar-refractivity contribution < 1.29 is 9.53 Å². The molecule has 0 aliphatic heterocycles. The summed E-state index contributed by atoms with van der Waals surface area (Å²) in [6.45, 7) is 1.45. The molecule has 1 aliphatic carbocycles. The number of thioether (sulfide) groups is 1. The van der Waals surface area contributed by atoms with Crippen molar-refractivity contribution in [3.8, 4) is 5.75 Å². The number of amides is 2. The van der Waals surface area contributed by atoms with Crippen molar-refractivity contribution in [2.45, 2.75) is 31.7 Å². The highest BCUT2D eigenvalue weighted by Crippen LogP contribution is 2.23. The molecule has 6 heteroatoms. The van der Waals surface area contributed by atoms with Gasteiger partial charge in [-0.25, -0.2) is 4.79 Å². The van der Waals surface area contributed by atoms with E-state index in [4.69, 9.17) is 10.5 Å². The molecule has 0 aromatic heterocycles. The van der Waals surface area contributed by atoms with Crippen molar-refractivity contribution in [3.05, 3.63) is 24.3 Å². The molecule has 1 aliphatic rings. The Kier molecular flexibility index (Phi) is 7.55. The quantitative estimate of drug-likeness (QED) is 0.668. The van der Waals surface area contributed by atoms with Crippen LogP contribution >= 0.6 is 11.8 Å². The second kappa shape index (κ2) is 9.67. The number of rotatable bonds is 7. The zero-order valence-electron chi connectivity index (χ0n) is 13.7. The van der Waals surface area contributed by atoms with E-state index in [-0.39, 0.29) is 12.1 Å². The average Bonchev–Trinajstić information content (AvgIpc) is 2.57. The van der Waals surface area contributed by atoms with Crippen LogP contribution in [0.25, 0.3) is 0 Å². The van der Waals surface area contributed by atoms with Gasteiger partial charge in [-0.15, -0.1) is 0 Å². The summed E-state index contributed by atoms with van der Waals surface area (Å²) in [7, 11) is 0. The first-order valence-electron chi connectivity index (χ1n) is 8.20. The molecule has 0 unspecified atom stereocenters. The van der Waals surface area contributed by atoms with E-state index in [0.29, 0.717) is 12.5 Å². The van der Waals surface area contributed by atoms with Gasteiger partial charge in [0.15, 0.2) is 0 Å². The van der Waals surface area contributed by atoms with Crippen LogP contribution in [0.5, 0.6) is 5.75 Å². The van der Waals surface area contributed by atoms with Gasteiger partial charge < -0.3 is 21.1 Å². The fourth-order valence-electron chi connectivity index (χ4n) is 2.77. The summed E-state index contributed by atoms with van der Waals surface area (Å²) in [5.41, 5.74) is 6.46. The highest BCUT2D eigenvalue weighted by molar-refractivity contribution is 7.98. The molecule has 4 N–H and O–H groups in total. The number of carbonyl (C=O) groups excluding carboxylic acids is 1. The minimum absolute atomic E-state index is 0.141. The van der Waals surface area contributed by atoms with Gasteiger partial charge in [0.2, 0.25) is 0 Å². The van der Waals surface area contributed by atoms with Crippen molar-refractivity contribution >= 4 is 23.5 Å². The Morgan fingerprint density at radius 1 is 1.26 bits per heavy atom. The predicted molar refractivity (Wildman–Crippen MR) is 97.3 cm³/mol. The van der Waals surface area contributed by atoms with Gasteiger partial charge in [-0.05, 0) is 68.7 Å². The number of anilines is 1. The van der Waals surface area contributed by atoms with Gasteiger partial charge in [0.25, 0.3) is 0 Å². The Bertz CT molecular complexity index is 473. The second-order valence-corrected chi connectivity index (χ2v) is 6.90. The zero-order valence-corrected chi connectivity index (χ0v) is 14.5. The molecule has 0 radical (unpaired) electrons. The van der Waals surface area contributed by atoms with Gasteiger partial charge in [-0.2, -0.15) is 11.8 Å². The SMILES string of the molecule is CSCCOc1ccc(NC(=O)NC2CCC(CN)CC2)cc1. The molecule has 1 saturated carbocycles. The molecule has 0 bridgehead atoms. The zero-order chi connectivity index (χ0) is 16.5. The maximum absolute atomic E-state index is 12.0. The molecular weight excluding hydrogens is 310 g/mol. The Morgan fingerprint density at radius 3 is 2.57 bits per heavy atom. The lowest BCUT2D eigenvalue weighted by Crippen LogP contribution is -2.40. The topological polar surface area (TPSA) is 76.4 Å². The first-order valence-corrected chi connectivity index (χ1v) is 9.60. The maximum Gasteiger partial charge on any atom is 0.319 e. The lowest BCUT2D eigenvalue weighted by atomic mass is 9.86. The third-order valence-corrected chi connectivity index (χ3v) is 4.76. The Labute approximate surface area is 142 Å². The van der Waals surface area contributed by atoms with Crippen molar-refractivity contribution in [1.29, 1.82) is 0 Å². The second-order valence-electron chi connectivity index (χ2n) is 5.92. The maximum atomic E-state index is 12.0. The van der Waals surface area contributed by atoms with E-state index < -0.39 is 0 Å². The molecule has 0 spiro atoms. The van der Waals surface area contributed by atoms with Gasteiger partial charge in [-0.1, -0.05) is 0 Å². The molecule has 5 nitrogen and oxygen atoms in total. The molecule has 23 heavy (non-hydrogen) atoms. The van der Waals surface area contributed by atoms with Crippen LogP contribution in [0, 0.1) is 5.92 Å². The number of ether oxygens (including phenoxy) is 1. The summed E-state index contributed by atoms with van der Waals surface area (Å²) in [6, 6.07) is 7.59. The standard InChI is InChI=1S/C17H27N3O2S/c1-23-11-10-22-16-8-6-15(7-9-16)20-17(21)19-14-4-2-13(12-18)3-5-14/h6-9,13-14H,2-5,10-12,18H2,1H3,(H2,19,20,21). The van der Waals surface area contributed by atoms with E-state index in [2.05, 4.69) is 16.9 Å². The third kappa shape index (κ3) is 6.31. The molecule has 2 amide bonds. The van der Waals surface area contributed by atoms with Crippen LogP contribution in [0.4, 0.5) is 10.5 Å². The van der Waals surface area contributed by atoms with E-state index in [0.717, 1.165) is 49.4 Å². The fourth-order valence-corrected chi connectivity index (χ4v) is 3.02. The van der Waals surface area contributed by atoms with Gasteiger partial charge in [0.05, 0.1) is 6.61 Å². The number of nitrogens with one attached hydrogen (secondary N) is 2. The van der Waals surface area contributed by atoms with Crippen LogP contribution in [0.1, 0.15) is 25.7 Å². The minimum Gasteiger partial charge on any atom is -0.493 e. The first-order chi connectivity index (χ1) is 11.2. The number of carbonyl (C=O) groups is 1. The minimum atomic E-state index is -0.141. The molecule has 1 aromatic carbocycles. The van der Waals surface area contributed by atoms with Gasteiger partial charge in [0.1, 0.15) is 5.75 Å². The van der Waals surface area contributed by atoms with Crippen molar-refractivity contribution in [2.24, 2.45) is 11.7 Å². The van der Waals surface area contributed by atoms with E-state index in [1.165, 1.54) is 0 Å². The predicted octanol–water partition coefficient (Wildman–Crippen LogP) is 3.07. The molecule has 2 rings (SSSR count). The number of benzene rings is 1. The lowest BCUT2D eigenvalue weighted by molar-refractivity contribution is 0.238. The van der Waals surface area contributed by atoms with E-state index in [9.17, 15) is 4.79 Å². The van der Waals surface area contributed by atoms with Crippen molar-refractivity contribution in [3.63, 3.8) is 0 Å². The normalized spacial score (nSPS) is 20.8.